The van der Waals surface area contributed by atoms with E-state index >= 15 is 0 Å². The Hall–Kier alpha value is -3.27. The Labute approximate surface area is 245 Å². The highest BCUT2D eigenvalue weighted by Crippen LogP contribution is 2.28. The minimum absolute atomic E-state index is 0.00213. The molecule has 2 atom stereocenters. The lowest BCUT2D eigenvalue weighted by molar-refractivity contribution is -0.139. The maximum absolute atomic E-state index is 14.0. The van der Waals surface area contributed by atoms with Gasteiger partial charge < -0.3 is 15.0 Å². The molecule has 0 aliphatic heterocycles. The number of sulfonamides is 1. The Morgan fingerprint density at radius 2 is 1.65 bits per heavy atom. The molecule has 3 rings (SSSR count). The summed E-state index contributed by atoms with van der Waals surface area (Å²) in [6, 6.07) is 18.2. The largest absolute Gasteiger partial charge is 0.497 e. The summed E-state index contributed by atoms with van der Waals surface area (Å²) in [5, 5.41) is 3.55. The third-order valence-corrected chi connectivity index (χ3v) is 8.98. The van der Waals surface area contributed by atoms with E-state index in [1.165, 1.54) is 30.2 Å². The smallest absolute Gasteiger partial charge is 0.264 e. The van der Waals surface area contributed by atoms with E-state index in [0.717, 1.165) is 4.31 Å². The lowest BCUT2D eigenvalue weighted by Crippen LogP contribution is -2.52. The number of benzene rings is 3. The number of anilines is 1. The van der Waals surface area contributed by atoms with E-state index in [1.54, 1.807) is 61.5 Å². The summed E-state index contributed by atoms with van der Waals surface area (Å²) < 4.78 is 34.0. The van der Waals surface area contributed by atoms with Crippen LogP contribution in [0.25, 0.3) is 0 Å². The molecule has 3 aromatic rings. The van der Waals surface area contributed by atoms with Crippen molar-refractivity contribution in [3.05, 3.63) is 88.4 Å². The third-order valence-electron chi connectivity index (χ3n) is 6.46. The highest BCUT2D eigenvalue weighted by molar-refractivity contribution is 7.92. The van der Waals surface area contributed by atoms with Gasteiger partial charge in [0.25, 0.3) is 10.0 Å². The van der Waals surface area contributed by atoms with Crippen molar-refractivity contribution in [2.24, 2.45) is 0 Å². The van der Waals surface area contributed by atoms with E-state index in [1.807, 2.05) is 13.8 Å². The average Bonchev–Trinajstić information content (AvgIpc) is 2.96. The molecule has 8 nitrogen and oxygen atoms in total. The molecule has 0 aliphatic carbocycles. The molecule has 40 heavy (non-hydrogen) atoms. The summed E-state index contributed by atoms with van der Waals surface area (Å²) in [7, 11) is -2.70. The van der Waals surface area contributed by atoms with Crippen LogP contribution in [0.5, 0.6) is 5.75 Å². The van der Waals surface area contributed by atoms with Crippen LogP contribution >= 0.6 is 23.2 Å². The zero-order valence-corrected chi connectivity index (χ0v) is 25.1. The average molecular weight is 607 g/mol. The van der Waals surface area contributed by atoms with Gasteiger partial charge in [-0.15, -0.1) is 0 Å². The predicted octanol–water partition coefficient (Wildman–Crippen LogP) is 5.53. The van der Waals surface area contributed by atoms with Crippen molar-refractivity contribution >= 4 is 50.7 Å². The number of amides is 2. The fraction of sp³-hybridized carbons (Fsp3) is 0.310. The van der Waals surface area contributed by atoms with Gasteiger partial charge in [-0.1, -0.05) is 60.5 Å². The summed E-state index contributed by atoms with van der Waals surface area (Å²) >= 11 is 12.3. The summed E-state index contributed by atoms with van der Waals surface area (Å²) in [6.07, 6.45) is 0.706. The van der Waals surface area contributed by atoms with Gasteiger partial charge in [0.05, 0.1) is 27.7 Å². The number of ether oxygens (including phenoxy) is 1. The minimum atomic E-state index is -4.17. The van der Waals surface area contributed by atoms with Gasteiger partial charge in [-0.25, -0.2) is 8.42 Å². The van der Waals surface area contributed by atoms with Crippen LogP contribution < -0.4 is 14.4 Å². The summed E-state index contributed by atoms with van der Waals surface area (Å²) in [5.74, 6) is -0.519. The molecule has 0 unspecified atom stereocenters. The molecule has 0 saturated carbocycles. The zero-order chi connectivity index (χ0) is 29.4. The van der Waals surface area contributed by atoms with Gasteiger partial charge in [-0.3, -0.25) is 13.9 Å². The number of nitrogens with zero attached hydrogens (tertiary/aromatic N) is 2. The molecule has 0 bridgehead atoms. The predicted molar refractivity (Wildman–Crippen MR) is 158 cm³/mol. The third kappa shape index (κ3) is 7.68. The van der Waals surface area contributed by atoms with Crippen LogP contribution in [-0.2, 0) is 26.2 Å². The quantitative estimate of drug-likeness (QED) is 0.293. The second kappa shape index (κ2) is 13.9. The van der Waals surface area contributed by atoms with Gasteiger partial charge in [0.15, 0.2) is 0 Å². The van der Waals surface area contributed by atoms with Crippen molar-refractivity contribution in [1.82, 2.24) is 10.2 Å². The van der Waals surface area contributed by atoms with Crippen molar-refractivity contribution in [1.29, 1.82) is 0 Å². The Kier molecular flexibility index (Phi) is 10.8. The summed E-state index contributed by atoms with van der Waals surface area (Å²) in [5.41, 5.74) is 0.868. The van der Waals surface area contributed by atoms with Crippen molar-refractivity contribution in [3.8, 4) is 5.75 Å². The zero-order valence-electron chi connectivity index (χ0n) is 22.8. The van der Waals surface area contributed by atoms with Crippen molar-refractivity contribution in [2.75, 3.05) is 18.0 Å². The van der Waals surface area contributed by atoms with Crippen LogP contribution in [0, 0.1) is 0 Å². The Balaban J connectivity index is 2.04. The summed E-state index contributed by atoms with van der Waals surface area (Å²) in [4.78, 5) is 28.4. The lowest BCUT2D eigenvalue weighted by Gasteiger charge is -2.32. The number of methoxy groups -OCH3 is 1. The molecule has 0 spiro atoms. The first-order valence-electron chi connectivity index (χ1n) is 12.7. The molecule has 0 fully saturated rings. The van der Waals surface area contributed by atoms with Gasteiger partial charge in [0.1, 0.15) is 18.3 Å². The number of hydrogen-bond acceptors (Lipinski definition) is 5. The maximum Gasteiger partial charge on any atom is 0.264 e. The fourth-order valence-electron chi connectivity index (χ4n) is 3.90. The van der Waals surface area contributed by atoms with Crippen LogP contribution in [0.4, 0.5) is 5.69 Å². The van der Waals surface area contributed by atoms with E-state index in [-0.39, 0.29) is 29.1 Å². The molecule has 1 N–H and O–H groups in total. The number of rotatable bonds is 12. The van der Waals surface area contributed by atoms with E-state index in [0.29, 0.717) is 27.8 Å². The molecular formula is C29H33Cl2N3O5S. The second-order valence-corrected chi connectivity index (χ2v) is 12.0. The van der Waals surface area contributed by atoms with E-state index in [4.69, 9.17) is 27.9 Å². The fourth-order valence-corrected chi connectivity index (χ4v) is 5.64. The molecule has 0 radical (unpaired) electrons. The Morgan fingerprint density at radius 3 is 2.27 bits per heavy atom. The van der Waals surface area contributed by atoms with Crippen molar-refractivity contribution in [3.63, 3.8) is 0 Å². The second-order valence-electron chi connectivity index (χ2n) is 9.29. The molecular weight excluding hydrogens is 573 g/mol. The monoisotopic (exact) mass is 605 g/mol. The number of nitrogens with one attached hydrogen (secondary N) is 1. The van der Waals surface area contributed by atoms with E-state index < -0.39 is 28.5 Å². The molecule has 214 valence electrons. The SMILES string of the molecule is CC[C@@H](C)NC(=O)[C@H](C)N(Cc1ccc(Cl)c(Cl)c1)C(=O)CN(c1cccc(OC)c1)S(=O)(=O)c1ccccc1. The van der Waals surface area contributed by atoms with Crippen molar-refractivity contribution in [2.45, 2.75) is 50.7 Å². The molecule has 0 aromatic heterocycles. The van der Waals surface area contributed by atoms with Gasteiger partial charge in [-0.2, -0.15) is 0 Å². The maximum atomic E-state index is 14.0. The van der Waals surface area contributed by atoms with Gasteiger partial charge in [0, 0.05) is 18.7 Å². The first kappa shape index (κ1) is 31.3. The molecule has 2 amide bonds. The van der Waals surface area contributed by atoms with Gasteiger partial charge in [-0.05, 0) is 62.2 Å². The highest BCUT2D eigenvalue weighted by atomic mass is 35.5. The normalized spacial score (nSPS) is 12.8. The number of carbonyl (C=O) groups excluding carboxylic acids is 2. The van der Waals surface area contributed by atoms with E-state index in [9.17, 15) is 18.0 Å². The highest BCUT2D eigenvalue weighted by Gasteiger charge is 2.33. The van der Waals surface area contributed by atoms with Crippen LogP contribution in [0.3, 0.4) is 0 Å². The number of hydrogen-bond donors (Lipinski definition) is 1. The Bertz CT molecular complexity index is 1440. The first-order chi connectivity index (χ1) is 19.0. The number of halogens is 2. The molecule has 0 heterocycles. The van der Waals surface area contributed by atoms with E-state index in [2.05, 4.69) is 5.32 Å². The topological polar surface area (TPSA) is 96.0 Å². The van der Waals surface area contributed by atoms with Crippen LogP contribution in [0.15, 0.2) is 77.7 Å². The first-order valence-corrected chi connectivity index (χ1v) is 14.9. The summed E-state index contributed by atoms with van der Waals surface area (Å²) in [6.45, 7) is 4.85. The Morgan fingerprint density at radius 1 is 0.950 bits per heavy atom. The minimum Gasteiger partial charge on any atom is -0.497 e. The molecule has 11 heteroatoms. The van der Waals surface area contributed by atoms with Crippen molar-refractivity contribution < 1.29 is 22.7 Å². The van der Waals surface area contributed by atoms with Crippen LogP contribution in [0.1, 0.15) is 32.8 Å². The lowest BCUT2D eigenvalue weighted by atomic mass is 10.1. The molecule has 0 saturated heterocycles. The number of carbonyl (C=O) groups is 2. The van der Waals surface area contributed by atoms with Gasteiger partial charge >= 0.3 is 0 Å². The standard InChI is InChI=1S/C29H33Cl2N3O5S/c1-5-20(2)32-29(36)21(3)33(18-22-14-15-26(30)27(31)16-22)28(35)19-34(23-10-9-11-24(17-23)39-4)40(37,38)25-12-7-6-8-13-25/h6-17,20-21H,5,18-19H2,1-4H3,(H,32,36)/t20-,21+/m1/s1. The van der Waals surface area contributed by atoms with Crippen LogP contribution in [0.2, 0.25) is 10.0 Å². The van der Waals surface area contributed by atoms with Gasteiger partial charge in [0.2, 0.25) is 11.8 Å². The molecule has 0 aliphatic rings. The van der Waals surface area contributed by atoms with Crippen LogP contribution in [-0.4, -0.2) is 50.9 Å². The molecule has 3 aromatic carbocycles.